The fraction of sp³-hybridized carbons (Fsp3) is 0.533. The zero-order chi connectivity index (χ0) is 12.5. The molecule has 1 saturated carbocycles. The predicted octanol–water partition coefficient (Wildman–Crippen LogP) is 2.93. The summed E-state index contributed by atoms with van der Waals surface area (Å²) >= 11 is 1.97. The van der Waals surface area contributed by atoms with Crippen LogP contribution in [0.2, 0.25) is 0 Å². The van der Waals surface area contributed by atoms with E-state index in [4.69, 9.17) is 10.7 Å². The third kappa shape index (κ3) is 2.62. The van der Waals surface area contributed by atoms with Crippen LogP contribution in [-0.2, 0) is 6.42 Å². The fourth-order valence-corrected chi connectivity index (χ4v) is 4.27. The number of aliphatic imine (C=N–C) groups is 1. The first-order valence-corrected chi connectivity index (χ1v) is 7.63. The highest BCUT2D eigenvalue weighted by molar-refractivity contribution is 8.14. The number of hydrogen-bond donors (Lipinski definition) is 1. The number of fused-ring (bicyclic) bond motifs is 1. The lowest BCUT2D eigenvalue weighted by atomic mass is 9.92. The first-order valence-electron chi connectivity index (χ1n) is 6.75. The third-order valence-corrected chi connectivity index (χ3v) is 5.20. The highest BCUT2D eigenvalue weighted by atomic mass is 32.2. The van der Waals surface area contributed by atoms with Crippen LogP contribution in [0.15, 0.2) is 29.3 Å². The van der Waals surface area contributed by atoms with Gasteiger partial charge < -0.3 is 5.73 Å². The second kappa shape index (κ2) is 5.06. The van der Waals surface area contributed by atoms with Gasteiger partial charge in [0, 0.05) is 17.7 Å². The number of benzene rings is 1. The van der Waals surface area contributed by atoms with E-state index in [9.17, 15) is 0 Å². The molecular formula is C15H20N2S. The molecule has 3 unspecified atom stereocenters. The summed E-state index contributed by atoms with van der Waals surface area (Å²) in [5.74, 6) is 0. The minimum absolute atomic E-state index is 0.396. The molecule has 3 heteroatoms. The molecule has 0 aromatic heterocycles. The van der Waals surface area contributed by atoms with Crippen LogP contribution >= 0.6 is 11.8 Å². The lowest BCUT2D eigenvalue weighted by molar-refractivity contribution is 0.411. The minimum atomic E-state index is 0.396. The van der Waals surface area contributed by atoms with Crippen molar-refractivity contribution in [2.45, 2.75) is 49.9 Å². The Kier molecular flexibility index (Phi) is 3.44. The van der Waals surface area contributed by atoms with E-state index in [0.717, 1.165) is 19.3 Å². The number of nitrogens with two attached hydrogens (primary N) is 1. The van der Waals surface area contributed by atoms with Crippen molar-refractivity contribution >= 4 is 16.8 Å². The van der Waals surface area contributed by atoms with Crippen molar-refractivity contribution in [3.63, 3.8) is 0 Å². The van der Waals surface area contributed by atoms with Gasteiger partial charge in [0.2, 0.25) is 0 Å². The van der Waals surface area contributed by atoms with Crippen LogP contribution in [0.3, 0.4) is 0 Å². The van der Waals surface area contributed by atoms with Crippen LogP contribution in [0.4, 0.5) is 0 Å². The Morgan fingerprint density at radius 1 is 1.28 bits per heavy atom. The molecule has 1 aromatic rings. The molecule has 0 spiro atoms. The highest BCUT2D eigenvalue weighted by Crippen LogP contribution is 2.37. The number of hydrogen-bond acceptors (Lipinski definition) is 3. The SMILES string of the molecule is Cc1ccc(CC2=NC3CCC(N)CC3S2)cc1. The first-order chi connectivity index (χ1) is 8.70. The van der Waals surface area contributed by atoms with Crippen molar-refractivity contribution in [1.82, 2.24) is 0 Å². The van der Waals surface area contributed by atoms with Crippen LogP contribution < -0.4 is 5.73 Å². The maximum Gasteiger partial charge on any atom is 0.0727 e. The Morgan fingerprint density at radius 2 is 2.06 bits per heavy atom. The van der Waals surface area contributed by atoms with Crippen LogP contribution in [0.25, 0.3) is 0 Å². The molecule has 2 aliphatic rings. The van der Waals surface area contributed by atoms with Crippen molar-refractivity contribution in [2.24, 2.45) is 10.7 Å². The summed E-state index contributed by atoms with van der Waals surface area (Å²) in [5.41, 5.74) is 8.73. The Labute approximate surface area is 113 Å². The summed E-state index contributed by atoms with van der Waals surface area (Å²) in [6.07, 6.45) is 4.45. The van der Waals surface area contributed by atoms with Crippen molar-refractivity contribution in [3.8, 4) is 0 Å². The largest absolute Gasteiger partial charge is 0.328 e. The van der Waals surface area contributed by atoms with Gasteiger partial charge in [-0.25, -0.2) is 0 Å². The van der Waals surface area contributed by atoms with E-state index in [1.54, 1.807) is 0 Å². The fourth-order valence-electron chi connectivity index (χ4n) is 2.78. The molecule has 0 bridgehead atoms. The van der Waals surface area contributed by atoms with Gasteiger partial charge >= 0.3 is 0 Å². The van der Waals surface area contributed by atoms with Crippen LogP contribution in [0.1, 0.15) is 30.4 Å². The van der Waals surface area contributed by atoms with Crippen molar-refractivity contribution < 1.29 is 0 Å². The van der Waals surface area contributed by atoms with E-state index in [1.807, 2.05) is 11.8 Å². The maximum atomic E-state index is 6.04. The van der Waals surface area contributed by atoms with Gasteiger partial charge in [0.1, 0.15) is 0 Å². The summed E-state index contributed by atoms with van der Waals surface area (Å²) in [6.45, 7) is 2.13. The summed E-state index contributed by atoms with van der Waals surface area (Å²) < 4.78 is 0. The molecule has 18 heavy (non-hydrogen) atoms. The van der Waals surface area contributed by atoms with E-state index in [2.05, 4.69) is 31.2 Å². The van der Waals surface area contributed by atoms with E-state index < -0.39 is 0 Å². The van der Waals surface area contributed by atoms with Gasteiger partial charge in [0.15, 0.2) is 0 Å². The van der Waals surface area contributed by atoms with Crippen LogP contribution in [0, 0.1) is 6.92 Å². The van der Waals surface area contributed by atoms with Crippen molar-refractivity contribution in [2.75, 3.05) is 0 Å². The molecule has 3 rings (SSSR count). The number of thioether (sulfide) groups is 1. The topological polar surface area (TPSA) is 38.4 Å². The molecule has 1 aliphatic carbocycles. The predicted molar refractivity (Wildman–Crippen MR) is 79.3 cm³/mol. The average Bonchev–Trinajstić information content (AvgIpc) is 2.73. The standard InChI is InChI=1S/C15H20N2S/c1-10-2-4-11(5-3-10)8-15-17-13-7-6-12(16)9-14(13)18-15/h2-5,12-14H,6-9,16H2,1H3. The van der Waals surface area contributed by atoms with Gasteiger partial charge in [-0.3, -0.25) is 4.99 Å². The maximum absolute atomic E-state index is 6.04. The average molecular weight is 260 g/mol. The van der Waals surface area contributed by atoms with Gasteiger partial charge in [-0.2, -0.15) is 0 Å². The molecule has 1 fully saturated rings. The Balaban J connectivity index is 1.66. The molecule has 0 saturated heterocycles. The summed E-state index contributed by atoms with van der Waals surface area (Å²) in [6, 6.07) is 9.72. The normalized spacial score (nSPS) is 31.0. The summed E-state index contributed by atoms with van der Waals surface area (Å²) in [5, 5.41) is 1.96. The number of rotatable bonds is 2. The summed E-state index contributed by atoms with van der Waals surface area (Å²) in [7, 11) is 0. The van der Waals surface area contributed by atoms with E-state index in [-0.39, 0.29) is 0 Å². The molecule has 1 heterocycles. The van der Waals surface area contributed by atoms with E-state index >= 15 is 0 Å². The lowest BCUT2D eigenvalue weighted by Gasteiger charge is -2.27. The van der Waals surface area contributed by atoms with Gasteiger partial charge in [-0.1, -0.05) is 29.8 Å². The second-order valence-electron chi connectivity index (χ2n) is 5.48. The zero-order valence-corrected chi connectivity index (χ0v) is 11.6. The lowest BCUT2D eigenvalue weighted by Crippen LogP contribution is -2.35. The molecule has 0 radical (unpaired) electrons. The monoisotopic (exact) mass is 260 g/mol. The van der Waals surface area contributed by atoms with Gasteiger partial charge in [0.05, 0.1) is 11.1 Å². The molecule has 3 atom stereocenters. The molecular weight excluding hydrogens is 240 g/mol. The second-order valence-corrected chi connectivity index (χ2v) is 6.79. The molecule has 1 aromatic carbocycles. The molecule has 0 amide bonds. The zero-order valence-electron chi connectivity index (χ0n) is 10.8. The Morgan fingerprint density at radius 3 is 2.83 bits per heavy atom. The Bertz CT molecular complexity index is 452. The van der Waals surface area contributed by atoms with Crippen LogP contribution in [0.5, 0.6) is 0 Å². The van der Waals surface area contributed by atoms with Crippen molar-refractivity contribution in [1.29, 1.82) is 0 Å². The molecule has 1 aliphatic heterocycles. The Hall–Kier alpha value is -0.800. The van der Waals surface area contributed by atoms with Gasteiger partial charge in [0.25, 0.3) is 0 Å². The van der Waals surface area contributed by atoms with Crippen LogP contribution in [-0.4, -0.2) is 22.4 Å². The van der Waals surface area contributed by atoms with E-state index in [1.165, 1.54) is 22.6 Å². The highest BCUT2D eigenvalue weighted by Gasteiger charge is 2.34. The molecule has 2 nitrogen and oxygen atoms in total. The van der Waals surface area contributed by atoms with Gasteiger partial charge in [-0.15, -0.1) is 11.8 Å². The third-order valence-electron chi connectivity index (χ3n) is 3.87. The number of nitrogens with zero attached hydrogens (tertiary/aromatic N) is 1. The summed E-state index contributed by atoms with van der Waals surface area (Å²) in [4.78, 5) is 4.89. The minimum Gasteiger partial charge on any atom is -0.328 e. The number of aryl methyl sites for hydroxylation is 1. The van der Waals surface area contributed by atoms with E-state index in [0.29, 0.717) is 17.3 Å². The smallest absolute Gasteiger partial charge is 0.0727 e. The molecule has 96 valence electrons. The first kappa shape index (κ1) is 12.2. The van der Waals surface area contributed by atoms with Gasteiger partial charge in [-0.05, 0) is 31.7 Å². The molecule has 2 N–H and O–H groups in total. The quantitative estimate of drug-likeness (QED) is 0.888. The van der Waals surface area contributed by atoms with Crippen molar-refractivity contribution in [3.05, 3.63) is 35.4 Å².